The molecule has 1 aromatic carbocycles. The van der Waals surface area contributed by atoms with Gasteiger partial charge in [-0.1, -0.05) is 84.0 Å². The van der Waals surface area contributed by atoms with Crippen molar-refractivity contribution >= 4 is 8.32 Å². The van der Waals surface area contributed by atoms with Crippen LogP contribution in [0.4, 0.5) is 0 Å². The average molecular weight is 333 g/mol. The molecule has 1 aromatic rings. The molecule has 0 aliphatic carbocycles. The Morgan fingerprint density at radius 1 is 0.870 bits per heavy atom. The minimum absolute atomic E-state index is 0.213. The van der Waals surface area contributed by atoms with Crippen molar-refractivity contribution in [3.05, 3.63) is 48.0 Å². The van der Waals surface area contributed by atoms with Gasteiger partial charge in [0.2, 0.25) is 8.32 Å². The van der Waals surface area contributed by atoms with E-state index in [-0.39, 0.29) is 6.10 Å². The van der Waals surface area contributed by atoms with E-state index >= 15 is 0 Å². The van der Waals surface area contributed by atoms with Crippen LogP contribution in [0.25, 0.3) is 0 Å². The summed E-state index contributed by atoms with van der Waals surface area (Å²) >= 11 is 0. The third kappa shape index (κ3) is 5.61. The molecule has 0 aliphatic rings. The molecule has 23 heavy (non-hydrogen) atoms. The lowest BCUT2D eigenvalue weighted by Gasteiger charge is -2.43. The molecule has 1 atom stereocenters. The van der Waals surface area contributed by atoms with Crippen LogP contribution in [0.3, 0.4) is 0 Å². The zero-order valence-electron chi connectivity index (χ0n) is 16.2. The van der Waals surface area contributed by atoms with Crippen LogP contribution in [0.1, 0.15) is 60.5 Å². The maximum absolute atomic E-state index is 6.73. The first-order valence-electron chi connectivity index (χ1n) is 9.19. The second-order valence-electron chi connectivity index (χ2n) is 7.59. The Kier molecular flexibility index (Phi) is 8.28. The van der Waals surface area contributed by atoms with Crippen molar-refractivity contribution in [1.82, 2.24) is 0 Å². The van der Waals surface area contributed by atoms with Crippen molar-refractivity contribution in [3.8, 4) is 0 Å². The van der Waals surface area contributed by atoms with Crippen LogP contribution in [-0.2, 0) is 10.8 Å². The van der Waals surface area contributed by atoms with Crippen molar-refractivity contribution in [2.75, 3.05) is 0 Å². The third-order valence-corrected chi connectivity index (χ3v) is 11.1. The highest BCUT2D eigenvalue weighted by Gasteiger charge is 2.45. The van der Waals surface area contributed by atoms with Gasteiger partial charge in [0.15, 0.2) is 0 Å². The van der Waals surface area contributed by atoms with Gasteiger partial charge in [-0.2, -0.15) is 0 Å². The summed E-state index contributed by atoms with van der Waals surface area (Å²) in [4.78, 5) is 0. The molecule has 1 nitrogen and oxygen atoms in total. The van der Waals surface area contributed by atoms with Gasteiger partial charge < -0.3 is 4.43 Å². The highest BCUT2D eigenvalue weighted by atomic mass is 28.4. The van der Waals surface area contributed by atoms with E-state index in [4.69, 9.17) is 4.43 Å². The predicted molar refractivity (Wildman–Crippen MR) is 105 cm³/mol. The van der Waals surface area contributed by atoms with Gasteiger partial charge in [-0.15, -0.1) is 0 Å². The number of aryl methyl sites for hydroxylation is 1. The molecule has 0 fully saturated rings. The summed E-state index contributed by atoms with van der Waals surface area (Å²) in [6.07, 6.45) is 6.95. The van der Waals surface area contributed by atoms with E-state index in [9.17, 15) is 0 Å². The van der Waals surface area contributed by atoms with E-state index in [2.05, 4.69) is 91.0 Å². The second-order valence-corrected chi connectivity index (χ2v) is 13.0. The Balaban J connectivity index is 2.62. The van der Waals surface area contributed by atoms with E-state index in [1.165, 1.54) is 5.56 Å². The Hall–Kier alpha value is -0.863. The van der Waals surface area contributed by atoms with E-state index in [1.807, 2.05) is 0 Å². The van der Waals surface area contributed by atoms with Gasteiger partial charge in [0.05, 0.1) is 6.10 Å². The van der Waals surface area contributed by atoms with Gasteiger partial charge in [0.1, 0.15) is 0 Å². The summed E-state index contributed by atoms with van der Waals surface area (Å²) in [6, 6.07) is 10.7. The van der Waals surface area contributed by atoms with Crippen molar-refractivity contribution in [2.45, 2.75) is 84.0 Å². The van der Waals surface area contributed by atoms with Crippen LogP contribution in [0.15, 0.2) is 42.5 Å². The van der Waals surface area contributed by atoms with E-state index in [0.29, 0.717) is 16.6 Å². The summed E-state index contributed by atoms with van der Waals surface area (Å²) < 4.78 is 6.73. The van der Waals surface area contributed by atoms with Gasteiger partial charge in [-0.05, 0) is 42.0 Å². The Bertz CT molecular complexity index is 440. The lowest BCUT2D eigenvalue weighted by Crippen LogP contribution is -2.49. The zero-order valence-corrected chi connectivity index (χ0v) is 17.2. The molecule has 0 spiro atoms. The lowest BCUT2D eigenvalue weighted by atomic mass is 10.1. The van der Waals surface area contributed by atoms with E-state index in [0.717, 1.165) is 12.8 Å². The molecule has 130 valence electrons. The molecule has 0 aromatic heterocycles. The summed E-state index contributed by atoms with van der Waals surface area (Å²) in [5, 5.41) is 0. The van der Waals surface area contributed by atoms with Gasteiger partial charge in [-0.25, -0.2) is 0 Å². The van der Waals surface area contributed by atoms with Crippen LogP contribution in [0.2, 0.25) is 16.6 Å². The number of allylic oxidation sites excluding steroid dienone is 1. The molecule has 0 aliphatic heterocycles. The molecule has 0 radical (unpaired) electrons. The average Bonchev–Trinajstić information content (AvgIpc) is 2.49. The van der Waals surface area contributed by atoms with Crippen molar-refractivity contribution in [1.29, 1.82) is 0 Å². The van der Waals surface area contributed by atoms with E-state index < -0.39 is 8.32 Å². The molecule has 0 N–H and O–H groups in total. The molecular formula is C21H36OSi. The monoisotopic (exact) mass is 332 g/mol. The van der Waals surface area contributed by atoms with Gasteiger partial charge in [-0.3, -0.25) is 0 Å². The first-order valence-corrected chi connectivity index (χ1v) is 11.3. The molecule has 0 heterocycles. The lowest BCUT2D eigenvalue weighted by molar-refractivity contribution is 0.233. The maximum atomic E-state index is 6.73. The first-order chi connectivity index (χ1) is 10.8. The molecule has 1 unspecified atom stereocenters. The van der Waals surface area contributed by atoms with Crippen LogP contribution in [0.5, 0.6) is 0 Å². The third-order valence-electron chi connectivity index (χ3n) is 4.95. The topological polar surface area (TPSA) is 9.23 Å². The maximum Gasteiger partial charge on any atom is 0.201 e. The summed E-state index contributed by atoms with van der Waals surface area (Å²) in [5.74, 6) is 0. The standard InChI is InChI=1S/C21H36OSi/c1-17(2)23(18(3)4,19(5)6)22-20(7)13-11-12-16-21-14-9-8-10-15-21/h8-11,13-15,17-20H,12,16H2,1-7H3/b13-11+. The van der Waals surface area contributed by atoms with Gasteiger partial charge >= 0.3 is 0 Å². The smallest absolute Gasteiger partial charge is 0.201 e. The Labute approximate surface area is 145 Å². The summed E-state index contributed by atoms with van der Waals surface area (Å²) in [7, 11) is -1.77. The first kappa shape index (κ1) is 20.2. The van der Waals surface area contributed by atoms with Crippen molar-refractivity contribution in [3.63, 3.8) is 0 Å². The number of hydrogen-bond donors (Lipinski definition) is 0. The Morgan fingerprint density at radius 3 is 1.87 bits per heavy atom. The fourth-order valence-corrected chi connectivity index (χ4v) is 9.49. The summed E-state index contributed by atoms with van der Waals surface area (Å²) in [6.45, 7) is 16.3. The molecule has 0 bridgehead atoms. The highest BCUT2D eigenvalue weighted by molar-refractivity contribution is 6.77. The number of benzene rings is 1. The Morgan fingerprint density at radius 2 is 1.39 bits per heavy atom. The zero-order chi connectivity index (χ0) is 17.5. The fourth-order valence-electron chi connectivity index (χ4n) is 3.95. The molecule has 0 saturated heterocycles. The predicted octanol–water partition coefficient (Wildman–Crippen LogP) is 6.76. The minimum Gasteiger partial charge on any atom is -0.410 e. The van der Waals surface area contributed by atoms with Gasteiger partial charge in [0, 0.05) is 0 Å². The largest absolute Gasteiger partial charge is 0.410 e. The second kappa shape index (κ2) is 9.44. The molecule has 2 heteroatoms. The molecular weight excluding hydrogens is 296 g/mol. The van der Waals surface area contributed by atoms with Crippen LogP contribution < -0.4 is 0 Å². The van der Waals surface area contributed by atoms with Crippen molar-refractivity contribution < 1.29 is 4.43 Å². The highest BCUT2D eigenvalue weighted by Crippen LogP contribution is 2.43. The van der Waals surface area contributed by atoms with Crippen molar-refractivity contribution in [2.24, 2.45) is 0 Å². The quantitative estimate of drug-likeness (QED) is 0.359. The SMILES string of the molecule is CC(/C=C/CCc1ccccc1)O[Si](C(C)C)(C(C)C)C(C)C. The van der Waals surface area contributed by atoms with Crippen LogP contribution in [-0.4, -0.2) is 14.4 Å². The number of rotatable bonds is 9. The van der Waals surface area contributed by atoms with E-state index in [1.54, 1.807) is 0 Å². The summed E-state index contributed by atoms with van der Waals surface area (Å²) in [5.41, 5.74) is 3.33. The molecule has 1 rings (SSSR count). The fraction of sp³-hybridized carbons (Fsp3) is 0.619. The molecule has 0 amide bonds. The van der Waals surface area contributed by atoms with Crippen LogP contribution in [0, 0.1) is 0 Å². The minimum atomic E-state index is -1.77. The normalized spacial score (nSPS) is 14.3. The number of hydrogen-bond acceptors (Lipinski definition) is 1. The van der Waals surface area contributed by atoms with Crippen LogP contribution >= 0.6 is 0 Å². The van der Waals surface area contributed by atoms with Gasteiger partial charge in [0.25, 0.3) is 0 Å². The molecule has 0 saturated carbocycles.